The quantitative estimate of drug-likeness (QED) is 0.791. The zero-order chi connectivity index (χ0) is 15.3. The lowest BCUT2D eigenvalue weighted by Crippen LogP contribution is -2.28. The molecule has 0 aliphatic heterocycles. The molecule has 0 unspecified atom stereocenters. The van der Waals surface area contributed by atoms with Crippen LogP contribution < -0.4 is 0 Å². The molecule has 2 aliphatic rings. The van der Waals surface area contributed by atoms with Gasteiger partial charge in [-0.05, 0) is 25.7 Å². The molecule has 0 aromatic rings. The van der Waals surface area contributed by atoms with Gasteiger partial charge in [0.2, 0.25) is 0 Å². The van der Waals surface area contributed by atoms with Crippen LogP contribution >= 0.6 is 0 Å². The number of carbonyl (C=O) groups is 2. The van der Waals surface area contributed by atoms with Gasteiger partial charge in [-0.15, -0.1) is 8.42 Å². The molecule has 6 nitrogen and oxygen atoms in total. The van der Waals surface area contributed by atoms with Crippen molar-refractivity contribution >= 4 is 22.3 Å². The Morgan fingerprint density at radius 1 is 0.667 bits per heavy atom. The number of rotatable bonds is 4. The fraction of sp³-hybridized carbons (Fsp3) is 0.857. The van der Waals surface area contributed by atoms with E-state index in [1.54, 1.807) is 0 Å². The smallest absolute Gasteiger partial charge is 0.316 e. The van der Waals surface area contributed by atoms with Crippen molar-refractivity contribution in [3.05, 3.63) is 0 Å². The Morgan fingerprint density at radius 2 is 1.00 bits per heavy atom. The summed E-state index contributed by atoms with van der Waals surface area (Å²) >= 11 is 0. The van der Waals surface area contributed by atoms with Crippen LogP contribution in [0.3, 0.4) is 0 Å². The lowest BCUT2D eigenvalue weighted by Gasteiger charge is -2.21. The molecule has 0 saturated heterocycles. The first-order chi connectivity index (χ1) is 9.98. The summed E-state index contributed by atoms with van der Waals surface area (Å²) in [6, 6.07) is 0. The third-order valence-electron chi connectivity index (χ3n) is 4.25. The average Bonchev–Trinajstić information content (AvgIpc) is 2.48. The standard InChI is InChI=1S/C14H22O6S/c15-13(11-7-3-1-4-8-11)19-21(17,18)20-14(16)12-9-5-2-6-10-12/h11-12H,1-10H2. The van der Waals surface area contributed by atoms with Crippen LogP contribution in [0.15, 0.2) is 0 Å². The van der Waals surface area contributed by atoms with Gasteiger partial charge in [0.15, 0.2) is 0 Å². The minimum atomic E-state index is -4.58. The maximum atomic E-state index is 11.8. The molecule has 0 bridgehead atoms. The molecule has 0 heterocycles. The fourth-order valence-corrected chi connectivity index (χ4v) is 3.74. The van der Waals surface area contributed by atoms with Crippen molar-refractivity contribution < 1.29 is 26.4 Å². The van der Waals surface area contributed by atoms with E-state index in [1.807, 2.05) is 0 Å². The van der Waals surface area contributed by atoms with Crippen molar-refractivity contribution in [2.45, 2.75) is 64.2 Å². The Balaban J connectivity index is 1.85. The Kier molecular flexibility index (Phi) is 5.61. The van der Waals surface area contributed by atoms with E-state index in [2.05, 4.69) is 8.37 Å². The molecule has 0 aromatic carbocycles. The van der Waals surface area contributed by atoms with Crippen molar-refractivity contribution in [1.82, 2.24) is 0 Å². The molecule has 0 atom stereocenters. The summed E-state index contributed by atoms with van der Waals surface area (Å²) in [6.45, 7) is 0. The van der Waals surface area contributed by atoms with E-state index < -0.39 is 34.2 Å². The molecule has 2 aliphatic carbocycles. The van der Waals surface area contributed by atoms with Gasteiger partial charge in [0, 0.05) is 0 Å². The zero-order valence-corrected chi connectivity index (χ0v) is 12.9. The second-order valence-corrected chi connectivity index (χ2v) is 7.03. The molecule has 2 saturated carbocycles. The van der Waals surface area contributed by atoms with Crippen molar-refractivity contribution in [3.8, 4) is 0 Å². The maximum absolute atomic E-state index is 11.8. The molecular formula is C14H22O6S. The number of hydrogen-bond acceptors (Lipinski definition) is 6. The third-order valence-corrected chi connectivity index (χ3v) is 4.98. The first-order valence-corrected chi connectivity index (χ1v) is 9.03. The molecule has 0 spiro atoms. The second kappa shape index (κ2) is 7.24. The van der Waals surface area contributed by atoms with Crippen molar-refractivity contribution in [1.29, 1.82) is 0 Å². The highest BCUT2D eigenvalue weighted by Gasteiger charge is 2.32. The molecule has 2 fully saturated rings. The summed E-state index contributed by atoms with van der Waals surface area (Å²) in [6.07, 6.45) is 8.18. The van der Waals surface area contributed by atoms with Gasteiger partial charge in [-0.3, -0.25) is 9.59 Å². The van der Waals surface area contributed by atoms with Gasteiger partial charge < -0.3 is 8.37 Å². The van der Waals surface area contributed by atoms with Crippen LogP contribution in [0, 0.1) is 11.8 Å². The topological polar surface area (TPSA) is 86.7 Å². The first kappa shape index (κ1) is 16.3. The second-order valence-electron chi connectivity index (χ2n) is 5.88. The molecule has 0 aromatic heterocycles. The highest BCUT2D eigenvalue weighted by atomic mass is 32.3. The Bertz CT molecular complexity index is 434. The molecular weight excluding hydrogens is 296 g/mol. The van der Waals surface area contributed by atoms with Crippen LogP contribution in [0.4, 0.5) is 0 Å². The van der Waals surface area contributed by atoms with E-state index >= 15 is 0 Å². The molecule has 120 valence electrons. The lowest BCUT2D eigenvalue weighted by atomic mass is 9.90. The normalized spacial score (nSPS) is 21.7. The largest absolute Gasteiger partial charge is 0.506 e. The van der Waals surface area contributed by atoms with E-state index in [9.17, 15) is 18.0 Å². The Hall–Kier alpha value is -1.11. The van der Waals surface area contributed by atoms with Gasteiger partial charge in [-0.2, -0.15) is 0 Å². The van der Waals surface area contributed by atoms with Crippen molar-refractivity contribution in [2.75, 3.05) is 0 Å². The van der Waals surface area contributed by atoms with Crippen LogP contribution in [0.2, 0.25) is 0 Å². The van der Waals surface area contributed by atoms with Gasteiger partial charge in [0.05, 0.1) is 11.8 Å². The Labute approximate surface area is 125 Å². The van der Waals surface area contributed by atoms with Crippen LogP contribution in [-0.4, -0.2) is 20.4 Å². The predicted octanol–water partition coefficient (Wildman–Crippen LogP) is 2.48. The summed E-state index contributed by atoms with van der Waals surface area (Å²) in [5, 5.41) is 0. The van der Waals surface area contributed by atoms with E-state index in [0.29, 0.717) is 25.7 Å². The molecule has 7 heteroatoms. The van der Waals surface area contributed by atoms with Crippen LogP contribution in [0.1, 0.15) is 64.2 Å². The monoisotopic (exact) mass is 318 g/mol. The maximum Gasteiger partial charge on any atom is 0.506 e. The Morgan fingerprint density at radius 3 is 1.33 bits per heavy atom. The van der Waals surface area contributed by atoms with Crippen LogP contribution in [0.5, 0.6) is 0 Å². The highest BCUT2D eigenvalue weighted by Crippen LogP contribution is 2.27. The molecule has 21 heavy (non-hydrogen) atoms. The van der Waals surface area contributed by atoms with E-state index in [4.69, 9.17) is 0 Å². The summed E-state index contributed by atoms with van der Waals surface area (Å²) in [7, 11) is -4.58. The zero-order valence-electron chi connectivity index (χ0n) is 12.1. The van der Waals surface area contributed by atoms with E-state index in [-0.39, 0.29) is 0 Å². The van der Waals surface area contributed by atoms with Crippen LogP contribution in [0.25, 0.3) is 0 Å². The lowest BCUT2D eigenvalue weighted by molar-refractivity contribution is -0.143. The SMILES string of the molecule is O=C(OS(=O)(=O)OC(=O)C1CCCCC1)C1CCCCC1. The first-order valence-electron chi connectivity index (χ1n) is 7.69. The van der Waals surface area contributed by atoms with Gasteiger partial charge in [0.25, 0.3) is 0 Å². The molecule has 0 N–H and O–H groups in total. The minimum Gasteiger partial charge on any atom is -0.316 e. The van der Waals surface area contributed by atoms with Crippen molar-refractivity contribution in [3.63, 3.8) is 0 Å². The average molecular weight is 318 g/mol. The van der Waals surface area contributed by atoms with Crippen LogP contribution in [-0.2, 0) is 28.4 Å². The summed E-state index contributed by atoms with van der Waals surface area (Å²) in [4.78, 5) is 23.6. The van der Waals surface area contributed by atoms with Gasteiger partial charge in [-0.1, -0.05) is 38.5 Å². The highest BCUT2D eigenvalue weighted by molar-refractivity contribution is 7.82. The molecule has 0 amide bonds. The molecule has 2 rings (SSSR count). The summed E-state index contributed by atoms with van der Waals surface area (Å²) < 4.78 is 32.2. The summed E-state index contributed by atoms with van der Waals surface area (Å²) in [5.41, 5.74) is 0. The van der Waals surface area contributed by atoms with Gasteiger partial charge in [-0.25, -0.2) is 0 Å². The fourth-order valence-electron chi connectivity index (χ4n) is 3.03. The number of hydrogen-bond donors (Lipinski definition) is 0. The minimum absolute atomic E-state index is 0.401. The van der Waals surface area contributed by atoms with E-state index in [1.165, 1.54) is 0 Å². The third kappa shape index (κ3) is 4.98. The summed E-state index contributed by atoms with van der Waals surface area (Å²) in [5.74, 6) is -2.40. The number of carbonyl (C=O) groups excluding carboxylic acids is 2. The van der Waals surface area contributed by atoms with E-state index in [0.717, 1.165) is 38.5 Å². The van der Waals surface area contributed by atoms with Gasteiger partial charge >= 0.3 is 22.3 Å². The predicted molar refractivity (Wildman–Crippen MR) is 74.3 cm³/mol. The van der Waals surface area contributed by atoms with Crippen molar-refractivity contribution in [2.24, 2.45) is 11.8 Å². The molecule has 0 radical (unpaired) electrons. The van der Waals surface area contributed by atoms with Gasteiger partial charge in [0.1, 0.15) is 0 Å².